The van der Waals surface area contributed by atoms with Crippen LogP contribution < -0.4 is 0 Å². The molecule has 176 valence electrons. The van der Waals surface area contributed by atoms with Crippen LogP contribution in [0.2, 0.25) is 0 Å². The average Bonchev–Trinajstić information content (AvgIpc) is 2.83. The highest BCUT2D eigenvalue weighted by Gasteiger charge is 2.29. The molecule has 0 unspecified atom stereocenters. The molecule has 2 amide bonds. The molecule has 1 saturated heterocycles. The summed E-state index contributed by atoms with van der Waals surface area (Å²) < 4.78 is 25.9. The summed E-state index contributed by atoms with van der Waals surface area (Å²) in [5.41, 5.74) is 0.321. The van der Waals surface area contributed by atoms with E-state index in [1.165, 1.54) is 34.1 Å². The van der Waals surface area contributed by atoms with Gasteiger partial charge in [0.2, 0.25) is 11.6 Å². The number of rotatable bonds is 6. The van der Waals surface area contributed by atoms with Gasteiger partial charge in [0.25, 0.3) is 11.8 Å². The molecular formula is C24H20F2N2O6. The molecule has 8 nitrogen and oxygen atoms in total. The van der Waals surface area contributed by atoms with Gasteiger partial charge in [-0.15, -0.1) is 0 Å². The van der Waals surface area contributed by atoms with Crippen molar-refractivity contribution in [1.82, 2.24) is 9.80 Å². The summed E-state index contributed by atoms with van der Waals surface area (Å²) in [5.74, 6) is -5.83. The molecule has 3 rings (SSSR count). The van der Waals surface area contributed by atoms with E-state index in [0.717, 1.165) is 36.4 Å². The van der Waals surface area contributed by atoms with Crippen LogP contribution in [-0.4, -0.2) is 69.6 Å². The van der Waals surface area contributed by atoms with Gasteiger partial charge in [-0.05, 0) is 48.5 Å². The summed E-state index contributed by atoms with van der Waals surface area (Å²) in [7, 11) is 0. The number of carbonyl (C=O) groups excluding carboxylic acids is 4. The summed E-state index contributed by atoms with van der Waals surface area (Å²) >= 11 is 0. The number of ketones is 2. The van der Waals surface area contributed by atoms with Gasteiger partial charge in [-0.3, -0.25) is 19.2 Å². The van der Waals surface area contributed by atoms with Crippen LogP contribution in [0.5, 0.6) is 0 Å². The first-order valence-electron chi connectivity index (χ1n) is 10.2. The first kappa shape index (κ1) is 24.3. The van der Waals surface area contributed by atoms with E-state index in [-0.39, 0.29) is 37.3 Å². The van der Waals surface area contributed by atoms with Gasteiger partial charge in [0.15, 0.2) is 0 Å². The second kappa shape index (κ2) is 10.5. The van der Waals surface area contributed by atoms with Gasteiger partial charge in [-0.25, -0.2) is 8.78 Å². The Morgan fingerprint density at radius 2 is 0.912 bits per heavy atom. The first-order valence-corrected chi connectivity index (χ1v) is 10.2. The normalized spacial score (nSPS) is 14.6. The van der Waals surface area contributed by atoms with Crippen molar-refractivity contribution in [1.29, 1.82) is 0 Å². The van der Waals surface area contributed by atoms with E-state index in [1.807, 2.05) is 0 Å². The number of aliphatic hydroxyl groups is 2. The second-order valence-electron chi connectivity index (χ2n) is 7.39. The Hall–Kier alpha value is -4.34. The number of benzene rings is 2. The summed E-state index contributed by atoms with van der Waals surface area (Å²) in [5, 5.41) is 20.0. The molecule has 1 fully saturated rings. The highest BCUT2D eigenvalue weighted by atomic mass is 19.1. The fourth-order valence-electron chi connectivity index (χ4n) is 3.20. The van der Waals surface area contributed by atoms with Crippen molar-refractivity contribution in [3.05, 3.63) is 83.4 Å². The van der Waals surface area contributed by atoms with Crippen LogP contribution in [0.15, 0.2) is 60.7 Å². The number of halogens is 2. The Bertz CT molecular complexity index is 1070. The van der Waals surface area contributed by atoms with Crippen molar-refractivity contribution < 1.29 is 38.2 Å². The number of amides is 2. The number of nitrogens with zero attached hydrogens (tertiary/aromatic N) is 2. The second-order valence-corrected chi connectivity index (χ2v) is 7.39. The van der Waals surface area contributed by atoms with Crippen LogP contribution >= 0.6 is 0 Å². The SMILES string of the molecule is O=C(/C=C(\O)c1ccc(F)cc1)C(=O)N1CCN(C(=O)C(=O)/C=C(\O)c2ccc(F)cc2)CC1. The molecule has 0 saturated carbocycles. The molecule has 0 atom stereocenters. The van der Waals surface area contributed by atoms with E-state index in [2.05, 4.69) is 0 Å². The Morgan fingerprint density at radius 1 is 0.618 bits per heavy atom. The predicted octanol–water partition coefficient (Wildman–Crippen LogP) is 2.27. The standard InChI is InChI=1S/C24H20F2N2O6/c25-17-5-1-15(2-6-17)19(29)13-21(31)23(33)27-9-11-28(12-10-27)24(34)22(32)14-20(30)16-3-7-18(26)8-4-16/h1-8,13-14,29-30H,9-12H2/b19-13-,20-14-. The maximum Gasteiger partial charge on any atom is 0.294 e. The zero-order chi connectivity index (χ0) is 24.8. The van der Waals surface area contributed by atoms with Crippen molar-refractivity contribution in [2.45, 2.75) is 0 Å². The molecule has 1 aliphatic rings. The lowest BCUT2D eigenvalue weighted by molar-refractivity contribution is -0.147. The van der Waals surface area contributed by atoms with Gasteiger partial charge in [0, 0.05) is 49.5 Å². The zero-order valence-corrected chi connectivity index (χ0v) is 17.8. The van der Waals surface area contributed by atoms with Gasteiger partial charge in [0.1, 0.15) is 23.2 Å². The third kappa shape index (κ3) is 5.91. The van der Waals surface area contributed by atoms with Gasteiger partial charge >= 0.3 is 0 Å². The van der Waals surface area contributed by atoms with Crippen LogP contribution in [0.3, 0.4) is 0 Å². The van der Waals surface area contributed by atoms with Gasteiger partial charge in [-0.1, -0.05) is 0 Å². The van der Waals surface area contributed by atoms with Crippen LogP contribution in [0, 0.1) is 11.6 Å². The van der Waals surface area contributed by atoms with Gasteiger partial charge < -0.3 is 20.0 Å². The molecule has 0 spiro atoms. The lowest BCUT2D eigenvalue weighted by Crippen LogP contribution is -2.53. The molecule has 0 bridgehead atoms. The summed E-state index contributed by atoms with van der Waals surface area (Å²) in [6, 6.07) is 9.39. The molecule has 2 aromatic carbocycles. The summed E-state index contributed by atoms with van der Waals surface area (Å²) in [6.07, 6.45) is 1.47. The van der Waals surface area contributed by atoms with Crippen LogP contribution in [-0.2, 0) is 19.2 Å². The maximum absolute atomic E-state index is 13.0. The number of hydrogen-bond donors (Lipinski definition) is 2. The van der Waals surface area contributed by atoms with E-state index in [0.29, 0.717) is 0 Å². The van der Waals surface area contributed by atoms with E-state index < -0.39 is 46.5 Å². The van der Waals surface area contributed by atoms with Crippen molar-refractivity contribution in [2.75, 3.05) is 26.2 Å². The van der Waals surface area contributed by atoms with Gasteiger partial charge in [0.05, 0.1) is 0 Å². The minimum Gasteiger partial charge on any atom is -0.507 e. The lowest BCUT2D eigenvalue weighted by Gasteiger charge is -2.33. The van der Waals surface area contributed by atoms with Crippen molar-refractivity contribution in [3.63, 3.8) is 0 Å². The summed E-state index contributed by atoms with van der Waals surface area (Å²) in [4.78, 5) is 51.5. The van der Waals surface area contributed by atoms with E-state index >= 15 is 0 Å². The largest absolute Gasteiger partial charge is 0.507 e. The number of piperazine rings is 1. The first-order chi connectivity index (χ1) is 16.2. The molecule has 0 radical (unpaired) electrons. The molecule has 1 heterocycles. The predicted molar refractivity (Wildman–Crippen MR) is 117 cm³/mol. The molecule has 34 heavy (non-hydrogen) atoms. The topological polar surface area (TPSA) is 115 Å². The Morgan fingerprint density at radius 3 is 1.21 bits per heavy atom. The Balaban J connectivity index is 1.56. The monoisotopic (exact) mass is 470 g/mol. The average molecular weight is 470 g/mol. The third-order valence-electron chi connectivity index (χ3n) is 5.09. The summed E-state index contributed by atoms with van der Waals surface area (Å²) in [6.45, 7) is -0.102. The van der Waals surface area contributed by atoms with Crippen molar-refractivity contribution in [2.24, 2.45) is 0 Å². The van der Waals surface area contributed by atoms with Crippen molar-refractivity contribution in [3.8, 4) is 0 Å². The van der Waals surface area contributed by atoms with E-state index in [1.54, 1.807) is 0 Å². The van der Waals surface area contributed by atoms with E-state index in [9.17, 15) is 38.2 Å². The Labute approximate surface area is 193 Å². The number of aliphatic hydroxyl groups excluding tert-OH is 2. The molecule has 1 aliphatic heterocycles. The maximum atomic E-state index is 13.0. The molecule has 0 aliphatic carbocycles. The van der Waals surface area contributed by atoms with E-state index in [4.69, 9.17) is 0 Å². The molecule has 2 aromatic rings. The smallest absolute Gasteiger partial charge is 0.294 e. The third-order valence-corrected chi connectivity index (χ3v) is 5.09. The molecular weight excluding hydrogens is 450 g/mol. The fourth-order valence-corrected chi connectivity index (χ4v) is 3.20. The minimum absolute atomic E-state index is 0.0254. The minimum atomic E-state index is -0.996. The number of carbonyl (C=O) groups is 4. The highest BCUT2D eigenvalue weighted by Crippen LogP contribution is 2.14. The lowest BCUT2D eigenvalue weighted by atomic mass is 10.1. The zero-order valence-electron chi connectivity index (χ0n) is 17.8. The van der Waals surface area contributed by atoms with Crippen LogP contribution in [0.25, 0.3) is 11.5 Å². The molecule has 0 aromatic heterocycles. The molecule has 2 N–H and O–H groups in total. The Kier molecular flexibility index (Phi) is 7.52. The quantitative estimate of drug-likeness (QED) is 0.380. The fraction of sp³-hybridized carbons (Fsp3) is 0.167. The molecule has 10 heteroatoms. The van der Waals surface area contributed by atoms with Crippen LogP contribution in [0.1, 0.15) is 11.1 Å². The highest BCUT2D eigenvalue weighted by molar-refractivity contribution is 6.42. The van der Waals surface area contributed by atoms with Crippen molar-refractivity contribution >= 4 is 34.9 Å². The number of hydrogen-bond acceptors (Lipinski definition) is 6. The van der Waals surface area contributed by atoms with Crippen LogP contribution in [0.4, 0.5) is 8.78 Å². The van der Waals surface area contributed by atoms with Gasteiger partial charge in [-0.2, -0.15) is 0 Å².